The van der Waals surface area contributed by atoms with Crippen LogP contribution in [-0.4, -0.2) is 24.1 Å². The van der Waals surface area contributed by atoms with E-state index in [1.807, 2.05) is 0 Å². The number of hydrogen-bond donors (Lipinski definition) is 0. The number of unbranched alkanes of at least 4 members (excludes halogenated alkanes) is 24. The fourth-order valence-electron chi connectivity index (χ4n) is 6.32. The SMILES string of the molecule is CCCCCCCCCCC[P+](CCCCCCCCCCC)(CCCCCCCCCCC)C(C)C. The maximum Gasteiger partial charge on any atom is 0.0641 e. The van der Waals surface area contributed by atoms with Crippen molar-refractivity contribution in [3.63, 3.8) is 0 Å². The zero-order valence-electron chi connectivity index (χ0n) is 27.2. The van der Waals surface area contributed by atoms with E-state index in [-0.39, 0.29) is 0 Å². The van der Waals surface area contributed by atoms with E-state index in [1.165, 1.54) is 173 Å². The van der Waals surface area contributed by atoms with Gasteiger partial charge in [-0.3, -0.25) is 0 Å². The zero-order valence-corrected chi connectivity index (χ0v) is 28.1. The van der Waals surface area contributed by atoms with E-state index in [0.29, 0.717) is 0 Å². The van der Waals surface area contributed by atoms with E-state index in [0.717, 1.165) is 5.66 Å². The monoisotopic (exact) mass is 540 g/mol. The van der Waals surface area contributed by atoms with Crippen molar-refractivity contribution in [2.45, 2.75) is 214 Å². The van der Waals surface area contributed by atoms with Crippen LogP contribution in [0.4, 0.5) is 0 Å². The molecule has 0 N–H and O–H groups in total. The van der Waals surface area contributed by atoms with E-state index in [4.69, 9.17) is 0 Å². The molecule has 224 valence electrons. The molecule has 0 atom stereocenters. The minimum Gasteiger partial charge on any atom is -0.0654 e. The van der Waals surface area contributed by atoms with Crippen molar-refractivity contribution in [2.24, 2.45) is 0 Å². The lowest BCUT2D eigenvalue weighted by Gasteiger charge is -2.32. The second-order valence-electron chi connectivity index (χ2n) is 13.0. The smallest absolute Gasteiger partial charge is 0.0641 e. The molecule has 0 amide bonds. The van der Waals surface area contributed by atoms with Crippen LogP contribution in [0.25, 0.3) is 0 Å². The second-order valence-corrected chi connectivity index (χ2v) is 17.8. The van der Waals surface area contributed by atoms with Gasteiger partial charge in [0.15, 0.2) is 0 Å². The van der Waals surface area contributed by atoms with Gasteiger partial charge in [-0.2, -0.15) is 0 Å². The lowest BCUT2D eigenvalue weighted by Crippen LogP contribution is -2.18. The molecule has 0 aliphatic heterocycles. The summed E-state index contributed by atoms with van der Waals surface area (Å²) in [6, 6.07) is 0. The zero-order chi connectivity index (χ0) is 27.3. The van der Waals surface area contributed by atoms with Crippen molar-refractivity contribution < 1.29 is 0 Å². The van der Waals surface area contributed by atoms with Crippen molar-refractivity contribution in [1.29, 1.82) is 0 Å². The van der Waals surface area contributed by atoms with Crippen LogP contribution < -0.4 is 0 Å². The van der Waals surface area contributed by atoms with Crippen molar-refractivity contribution in [3.8, 4) is 0 Å². The van der Waals surface area contributed by atoms with Crippen LogP contribution in [0.3, 0.4) is 0 Å². The van der Waals surface area contributed by atoms with Crippen LogP contribution in [0, 0.1) is 0 Å². The Kier molecular flexibility index (Phi) is 29.8. The summed E-state index contributed by atoms with van der Waals surface area (Å²) < 4.78 is 0. The fraction of sp³-hybridized carbons (Fsp3) is 1.00. The van der Waals surface area contributed by atoms with Crippen LogP contribution in [0.2, 0.25) is 0 Å². The van der Waals surface area contributed by atoms with Gasteiger partial charge in [-0.1, -0.05) is 156 Å². The van der Waals surface area contributed by atoms with Gasteiger partial charge >= 0.3 is 0 Å². The van der Waals surface area contributed by atoms with Gasteiger partial charge in [-0.15, -0.1) is 0 Å². The average Bonchev–Trinajstić information content (AvgIpc) is 2.89. The van der Waals surface area contributed by atoms with Crippen LogP contribution >= 0.6 is 7.26 Å². The third-order valence-corrected chi connectivity index (χ3v) is 15.0. The van der Waals surface area contributed by atoms with Crippen LogP contribution in [0.5, 0.6) is 0 Å². The topological polar surface area (TPSA) is 0 Å². The van der Waals surface area contributed by atoms with Gasteiger partial charge < -0.3 is 0 Å². The molecule has 0 radical (unpaired) electrons. The van der Waals surface area contributed by atoms with Crippen molar-refractivity contribution >= 4 is 7.26 Å². The van der Waals surface area contributed by atoms with Crippen LogP contribution in [-0.2, 0) is 0 Å². The predicted octanol–water partition coefficient (Wildman–Crippen LogP) is 14.0. The number of rotatable bonds is 31. The molecule has 0 spiro atoms. The van der Waals surface area contributed by atoms with E-state index < -0.39 is 7.26 Å². The Morgan fingerprint density at radius 2 is 0.486 bits per heavy atom. The quantitative estimate of drug-likeness (QED) is 0.0607. The molecule has 0 saturated heterocycles. The van der Waals surface area contributed by atoms with Crippen LogP contribution in [0.15, 0.2) is 0 Å². The summed E-state index contributed by atoms with van der Waals surface area (Å²) in [4.78, 5) is 0. The molecule has 0 bridgehead atoms. The standard InChI is InChI=1S/C36H76P/c1-6-9-12-15-18-21-24-27-30-33-37(36(4)5,34-31-28-25-22-19-16-13-10-7-2)35-32-29-26-23-20-17-14-11-8-3/h36H,6-35H2,1-5H3/q+1. The van der Waals surface area contributed by atoms with E-state index >= 15 is 0 Å². The summed E-state index contributed by atoms with van der Waals surface area (Å²) in [5.74, 6) is 0. The molecule has 0 fully saturated rings. The molecule has 0 aliphatic carbocycles. The van der Waals surface area contributed by atoms with E-state index in [1.54, 1.807) is 18.5 Å². The molecule has 0 heterocycles. The van der Waals surface area contributed by atoms with Gasteiger partial charge in [0.25, 0.3) is 0 Å². The molecule has 0 aromatic rings. The highest BCUT2D eigenvalue weighted by atomic mass is 31.2. The van der Waals surface area contributed by atoms with Gasteiger partial charge in [-0.25, -0.2) is 0 Å². The van der Waals surface area contributed by atoms with Gasteiger partial charge in [0.2, 0.25) is 0 Å². The Labute approximate surface area is 239 Å². The first-order valence-electron chi connectivity index (χ1n) is 18.0. The first-order chi connectivity index (χ1) is 18.1. The first kappa shape index (κ1) is 37.4. The molecule has 0 unspecified atom stereocenters. The minimum atomic E-state index is -0.779. The minimum absolute atomic E-state index is 0.779. The Balaban J connectivity index is 4.40. The summed E-state index contributed by atoms with van der Waals surface area (Å²) in [5.41, 5.74) is 0.963. The third kappa shape index (κ3) is 24.0. The summed E-state index contributed by atoms with van der Waals surface area (Å²) in [7, 11) is -0.779. The van der Waals surface area contributed by atoms with Crippen molar-refractivity contribution in [3.05, 3.63) is 0 Å². The van der Waals surface area contributed by atoms with E-state index in [9.17, 15) is 0 Å². The Morgan fingerprint density at radius 3 is 0.676 bits per heavy atom. The molecular formula is C36H76P+. The predicted molar refractivity (Wildman–Crippen MR) is 178 cm³/mol. The molecule has 0 aromatic carbocycles. The molecule has 37 heavy (non-hydrogen) atoms. The lowest BCUT2D eigenvalue weighted by atomic mass is 10.1. The Bertz CT molecular complexity index is 360. The van der Waals surface area contributed by atoms with Gasteiger partial charge in [0.1, 0.15) is 0 Å². The van der Waals surface area contributed by atoms with Crippen molar-refractivity contribution in [1.82, 2.24) is 0 Å². The van der Waals surface area contributed by atoms with Crippen LogP contribution in [0.1, 0.15) is 208 Å². The maximum atomic E-state index is 2.61. The Hall–Kier alpha value is 0.430. The first-order valence-corrected chi connectivity index (χ1v) is 20.4. The fourth-order valence-corrected chi connectivity index (χ4v) is 11.1. The number of hydrogen-bond acceptors (Lipinski definition) is 0. The van der Waals surface area contributed by atoms with Gasteiger partial charge in [0, 0.05) is 7.26 Å². The van der Waals surface area contributed by atoms with E-state index in [2.05, 4.69) is 34.6 Å². The molecular weight excluding hydrogens is 463 g/mol. The lowest BCUT2D eigenvalue weighted by molar-refractivity contribution is 0.568. The molecule has 0 nitrogen and oxygen atoms in total. The molecule has 0 aliphatic rings. The summed E-state index contributed by atoms with van der Waals surface area (Å²) in [6.45, 7) is 12.2. The highest BCUT2D eigenvalue weighted by molar-refractivity contribution is 7.76. The van der Waals surface area contributed by atoms with Crippen molar-refractivity contribution in [2.75, 3.05) is 18.5 Å². The normalized spacial score (nSPS) is 12.2. The summed E-state index contributed by atoms with van der Waals surface area (Å²) in [5, 5.41) is 0. The average molecular weight is 540 g/mol. The third-order valence-electron chi connectivity index (χ3n) is 9.22. The summed E-state index contributed by atoms with van der Waals surface area (Å²) in [6.07, 6.45) is 44.7. The summed E-state index contributed by atoms with van der Waals surface area (Å²) >= 11 is 0. The molecule has 0 rings (SSSR count). The maximum absolute atomic E-state index is 2.61. The second kappa shape index (κ2) is 29.4. The molecule has 1 heteroatoms. The largest absolute Gasteiger partial charge is 0.0654 e. The molecule has 0 saturated carbocycles. The Morgan fingerprint density at radius 1 is 0.297 bits per heavy atom. The highest BCUT2D eigenvalue weighted by Gasteiger charge is 2.38. The van der Waals surface area contributed by atoms with Gasteiger partial charge in [0.05, 0.1) is 24.1 Å². The highest BCUT2D eigenvalue weighted by Crippen LogP contribution is 2.64. The molecule has 0 aromatic heterocycles. The van der Waals surface area contributed by atoms with Gasteiger partial charge in [-0.05, 0) is 52.4 Å².